The van der Waals surface area contributed by atoms with Gasteiger partial charge >= 0.3 is 5.69 Å². The summed E-state index contributed by atoms with van der Waals surface area (Å²) in [6.07, 6.45) is 2.40. The Hall–Kier alpha value is -3.24. The summed E-state index contributed by atoms with van der Waals surface area (Å²) in [5.41, 5.74) is 2.83. The number of aliphatic imine (C=N–C) groups is 1. The summed E-state index contributed by atoms with van der Waals surface area (Å²) < 4.78 is 8.56. The molecule has 176 valence electrons. The Bertz CT molecular complexity index is 1470. The number of benzene rings is 1. The van der Waals surface area contributed by atoms with Crippen LogP contribution in [0.3, 0.4) is 0 Å². The Kier molecular flexibility index (Phi) is 5.14. The number of hydrogen-bond acceptors (Lipinski definition) is 8. The predicted octanol–water partition coefficient (Wildman–Crippen LogP) is 2.25. The number of nitrogens with zero attached hydrogens (tertiary/aromatic N) is 7. The van der Waals surface area contributed by atoms with Gasteiger partial charge in [0.25, 0.3) is 0 Å². The Labute approximate surface area is 200 Å². The van der Waals surface area contributed by atoms with Gasteiger partial charge in [0, 0.05) is 31.1 Å². The van der Waals surface area contributed by atoms with Gasteiger partial charge in [-0.15, -0.1) is 11.3 Å². The number of methoxy groups -OCH3 is 1. The number of fused-ring (bicyclic) bond motifs is 5. The molecule has 0 radical (unpaired) electrons. The summed E-state index contributed by atoms with van der Waals surface area (Å²) in [6, 6.07) is 8.31. The summed E-state index contributed by atoms with van der Waals surface area (Å²) in [5.74, 6) is 1.96. The molecule has 0 N–H and O–H groups in total. The molecule has 4 aromatic rings. The molecule has 2 aliphatic heterocycles. The Morgan fingerprint density at radius 1 is 1.21 bits per heavy atom. The van der Waals surface area contributed by atoms with Gasteiger partial charge in [-0.25, -0.2) is 9.78 Å². The monoisotopic (exact) mass is 477 g/mol. The van der Waals surface area contributed by atoms with E-state index in [2.05, 4.69) is 33.9 Å². The zero-order chi connectivity index (χ0) is 23.4. The normalized spacial score (nSPS) is 18.6. The van der Waals surface area contributed by atoms with Crippen molar-refractivity contribution in [2.45, 2.75) is 32.5 Å². The van der Waals surface area contributed by atoms with E-state index in [1.54, 1.807) is 18.4 Å². The SMILES string of the molecule is COc1ccc(Cn2c(=O)n3ncnc3c3c4c(sc32)CN(CC2=NCC(C)N2C)CC4)cc1. The van der Waals surface area contributed by atoms with E-state index in [9.17, 15) is 4.79 Å². The lowest BCUT2D eigenvalue weighted by Gasteiger charge is -2.29. The number of amidine groups is 1. The van der Waals surface area contributed by atoms with Crippen LogP contribution in [0.5, 0.6) is 5.75 Å². The van der Waals surface area contributed by atoms with E-state index in [-0.39, 0.29) is 5.69 Å². The molecule has 1 atom stereocenters. The zero-order valence-electron chi connectivity index (χ0n) is 19.6. The minimum absolute atomic E-state index is 0.165. The third kappa shape index (κ3) is 3.40. The van der Waals surface area contributed by atoms with Crippen molar-refractivity contribution >= 4 is 33.0 Å². The minimum Gasteiger partial charge on any atom is -0.497 e. The Balaban J connectivity index is 1.40. The van der Waals surface area contributed by atoms with Crippen LogP contribution >= 0.6 is 11.3 Å². The van der Waals surface area contributed by atoms with E-state index >= 15 is 0 Å². The molecular weight excluding hydrogens is 450 g/mol. The van der Waals surface area contributed by atoms with Crippen molar-refractivity contribution in [1.82, 2.24) is 29.0 Å². The lowest BCUT2D eigenvalue weighted by Crippen LogP contribution is -2.40. The molecule has 0 amide bonds. The summed E-state index contributed by atoms with van der Waals surface area (Å²) in [4.78, 5) is 29.6. The maximum Gasteiger partial charge on any atom is 0.352 e. The van der Waals surface area contributed by atoms with E-state index < -0.39 is 0 Å². The molecule has 1 unspecified atom stereocenters. The first kappa shape index (κ1) is 21.3. The van der Waals surface area contributed by atoms with Gasteiger partial charge in [-0.3, -0.25) is 14.5 Å². The molecule has 2 aliphatic rings. The molecule has 10 heteroatoms. The Morgan fingerprint density at radius 3 is 2.76 bits per heavy atom. The molecule has 6 rings (SSSR count). The van der Waals surface area contributed by atoms with E-state index in [0.717, 1.165) is 60.0 Å². The van der Waals surface area contributed by atoms with Crippen LogP contribution in [-0.4, -0.2) is 74.6 Å². The van der Waals surface area contributed by atoms with E-state index in [0.29, 0.717) is 18.2 Å². The van der Waals surface area contributed by atoms with Crippen molar-refractivity contribution in [3.05, 3.63) is 57.1 Å². The fraction of sp³-hybridized carbons (Fsp3) is 0.417. The van der Waals surface area contributed by atoms with Crippen LogP contribution in [-0.2, 0) is 19.5 Å². The van der Waals surface area contributed by atoms with Gasteiger partial charge in [0.05, 0.1) is 32.1 Å². The number of likely N-dealkylation sites (N-methyl/N-ethyl adjacent to an activating group) is 1. The minimum atomic E-state index is -0.165. The number of ether oxygens (including phenoxy) is 1. The van der Waals surface area contributed by atoms with Gasteiger partial charge < -0.3 is 9.64 Å². The van der Waals surface area contributed by atoms with Crippen molar-refractivity contribution in [2.24, 2.45) is 4.99 Å². The van der Waals surface area contributed by atoms with Gasteiger partial charge in [0.2, 0.25) is 0 Å². The molecule has 0 aliphatic carbocycles. The topological polar surface area (TPSA) is 80.3 Å². The number of aromatic nitrogens is 4. The van der Waals surface area contributed by atoms with E-state index in [1.165, 1.54) is 21.3 Å². The molecule has 0 saturated carbocycles. The maximum absolute atomic E-state index is 13.4. The summed E-state index contributed by atoms with van der Waals surface area (Å²) in [6.45, 7) is 6.22. The van der Waals surface area contributed by atoms with Crippen molar-refractivity contribution in [3.8, 4) is 5.75 Å². The van der Waals surface area contributed by atoms with Crippen LogP contribution in [0, 0.1) is 0 Å². The van der Waals surface area contributed by atoms with Crippen molar-refractivity contribution in [3.63, 3.8) is 0 Å². The molecule has 0 bridgehead atoms. The Morgan fingerprint density at radius 2 is 2.03 bits per heavy atom. The lowest BCUT2D eigenvalue weighted by atomic mass is 10.0. The molecule has 5 heterocycles. The second-order valence-electron chi connectivity index (χ2n) is 9.07. The van der Waals surface area contributed by atoms with Gasteiger partial charge in [-0.05, 0) is 36.6 Å². The summed E-state index contributed by atoms with van der Waals surface area (Å²) >= 11 is 1.71. The van der Waals surface area contributed by atoms with Crippen LogP contribution in [0.2, 0.25) is 0 Å². The first-order valence-corrected chi connectivity index (χ1v) is 12.3. The average molecular weight is 478 g/mol. The van der Waals surface area contributed by atoms with Crippen molar-refractivity contribution in [2.75, 3.05) is 33.8 Å². The lowest BCUT2D eigenvalue weighted by molar-refractivity contribution is 0.283. The van der Waals surface area contributed by atoms with Crippen LogP contribution in [0.25, 0.3) is 15.9 Å². The molecule has 0 fully saturated rings. The molecule has 3 aromatic heterocycles. The third-order valence-electron chi connectivity index (χ3n) is 7.02. The molecule has 0 saturated heterocycles. The fourth-order valence-electron chi connectivity index (χ4n) is 4.89. The van der Waals surface area contributed by atoms with E-state index in [1.807, 2.05) is 28.8 Å². The molecular formula is C24H27N7O2S. The zero-order valence-corrected chi connectivity index (χ0v) is 20.4. The quantitative estimate of drug-likeness (QED) is 0.439. The predicted molar refractivity (Wildman–Crippen MR) is 133 cm³/mol. The van der Waals surface area contributed by atoms with Gasteiger partial charge in [0.15, 0.2) is 5.65 Å². The largest absolute Gasteiger partial charge is 0.497 e. The second-order valence-corrected chi connectivity index (χ2v) is 10.2. The first-order chi connectivity index (χ1) is 16.5. The number of hydrogen-bond donors (Lipinski definition) is 0. The van der Waals surface area contributed by atoms with Crippen LogP contribution in [0.15, 0.2) is 40.4 Å². The molecule has 1 aromatic carbocycles. The molecule has 9 nitrogen and oxygen atoms in total. The molecule has 0 spiro atoms. The van der Waals surface area contributed by atoms with Crippen LogP contribution in [0.4, 0.5) is 0 Å². The average Bonchev–Trinajstić information content (AvgIpc) is 3.55. The van der Waals surface area contributed by atoms with Gasteiger partial charge in [0.1, 0.15) is 22.7 Å². The van der Waals surface area contributed by atoms with Crippen molar-refractivity contribution in [1.29, 1.82) is 0 Å². The van der Waals surface area contributed by atoms with Crippen LogP contribution in [0.1, 0.15) is 22.9 Å². The summed E-state index contributed by atoms with van der Waals surface area (Å²) in [7, 11) is 3.78. The highest BCUT2D eigenvalue weighted by Crippen LogP contribution is 2.36. The highest BCUT2D eigenvalue weighted by atomic mass is 32.1. The third-order valence-corrected chi connectivity index (χ3v) is 8.26. The second kappa shape index (κ2) is 8.21. The standard InChI is InChI=1S/C24H27N7O2S/c1-15-10-25-20(28(15)2)13-29-9-8-18-19(12-29)34-23-21(18)22-26-14-27-31(22)24(32)30(23)11-16-4-6-17(33-3)7-5-16/h4-7,14-15H,8-13H2,1-3H3. The summed E-state index contributed by atoms with van der Waals surface area (Å²) in [5, 5.41) is 5.31. The fourth-order valence-corrected chi connectivity index (χ4v) is 6.27. The highest BCUT2D eigenvalue weighted by Gasteiger charge is 2.28. The smallest absolute Gasteiger partial charge is 0.352 e. The molecule has 34 heavy (non-hydrogen) atoms. The highest BCUT2D eigenvalue weighted by molar-refractivity contribution is 7.19. The van der Waals surface area contributed by atoms with Crippen molar-refractivity contribution < 1.29 is 4.74 Å². The maximum atomic E-state index is 13.4. The van der Waals surface area contributed by atoms with Gasteiger partial charge in [-0.1, -0.05) is 12.1 Å². The van der Waals surface area contributed by atoms with E-state index in [4.69, 9.17) is 9.73 Å². The number of thiophene rings is 1. The first-order valence-electron chi connectivity index (χ1n) is 11.5. The van der Waals surface area contributed by atoms with Gasteiger partial charge in [-0.2, -0.15) is 9.61 Å². The number of rotatable bonds is 5. The van der Waals surface area contributed by atoms with Crippen LogP contribution < -0.4 is 10.4 Å².